The Morgan fingerprint density at radius 1 is 1.38 bits per heavy atom. The van der Waals surface area contributed by atoms with Gasteiger partial charge in [0, 0.05) is 19.6 Å². The molecule has 1 rings (SSSR count). The summed E-state index contributed by atoms with van der Waals surface area (Å²) in [5.74, 6) is 1.33. The zero-order chi connectivity index (χ0) is 16.0. The van der Waals surface area contributed by atoms with Gasteiger partial charge in [0.15, 0.2) is 5.82 Å². The smallest absolute Gasteiger partial charge is 0.315 e. The molecule has 0 aliphatic heterocycles. The molecule has 0 aromatic carbocycles. The Balaban J connectivity index is 2.44. The molecule has 0 spiro atoms. The molecule has 2 unspecified atom stereocenters. The fraction of sp³-hybridized carbons (Fsp3) is 0.786. The van der Waals surface area contributed by atoms with Crippen LogP contribution in [0.5, 0.6) is 0 Å². The van der Waals surface area contributed by atoms with Crippen LogP contribution in [0.15, 0.2) is 6.33 Å². The van der Waals surface area contributed by atoms with E-state index in [2.05, 4.69) is 39.6 Å². The first-order valence-electron chi connectivity index (χ1n) is 7.36. The Bertz CT molecular complexity index is 442. The third-order valence-electron chi connectivity index (χ3n) is 3.45. The number of aromatic nitrogens is 3. The molecule has 21 heavy (non-hydrogen) atoms. The van der Waals surface area contributed by atoms with E-state index >= 15 is 0 Å². The Hall–Kier alpha value is -1.63. The fourth-order valence-corrected chi connectivity index (χ4v) is 2.23. The predicted molar refractivity (Wildman–Crippen MR) is 82.9 cm³/mol. The van der Waals surface area contributed by atoms with E-state index in [0.29, 0.717) is 18.5 Å². The molecular weight excluding hydrogens is 268 g/mol. The second-order valence-electron chi connectivity index (χ2n) is 6.12. The van der Waals surface area contributed by atoms with Gasteiger partial charge in [-0.3, -0.25) is 0 Å². The van der Waals surface area contributed by atoms with Crippen LogP contribution >= 0.6 is 0 Å². The highest BCUT2D eigenvalue weighted by Crippen LogP contribution is 2.09. The van der Waals surface area contributed by atoms with E-state index in [4.69, 9.17) is 0 Å². The molecule has 0 aliphatic rings. The minimum atomic E-state index is -0.180. The summed E-state index contributed by atoms with van der Waals surface area (Å²) in [6, 6.07) is -0.0256. The van der Waals surface area contributed by atoms with Crippen LogP contribution in [-0.4, -0.2) is 52.4 Å². The van der Waals surface area contributed by atoms with E-state index in [1.54, 1.807) is 10.9 Å². The normalized spacial score (nSPS) is 14.3. The molecule has 2 amide bonds. The summed E-state index contributed by atoms with van der Waals surface area (Å²) >= 11 is 0. The van der Waals surface area contributed by atoms with Crippen molar-refractivity contribution in [1.82, 2.24) is 30.3 Å². The minimum absolute atomic E-state index is 0.180. The SMILES string of the molecule is CC(C)CC(CNC(=O)NC(C)c1nncn1C)N(C)C. The first kappa shape index (κ1) is 17.4. The van der Waals surface area contributed by atoms with Crippen LogP contribution in [-0.2, 0) is 7.05 Å². The van der Waals surface area contributed by atoms with Gasteiger partial charge in [0.05, 0.1) is 6.04 Å². The van der Waals surface area contributed by atoms with Crippen LogP contribution in [0.25, 0.3) is 0 Å². The van der Waals surface area contributed by atoms with Crippen LogP contribution < -0.4 is 10.6 Å². The highest BCUT2D eigenvalue weighted by Gasteiger charge is 2.17. The van der Waals surface area contributed by atoms with E-state index in [-0.39, 0.29) is 12.1 Å². The van der Waals surface area contributed by atoms with Crippen molar-refractivity contribution in [3.63, 3.8) is 0 Å². The number of nitrogens with zero attached hydrogens (tertiary/aromatic N) is 4. The number of aryl methyl sites for hydroxylation is 1. The van der Waals surface area contributed by atoms with Gasteiger partial charge < -0.3 is 20.1 Å². The third kappa shape index (κ3) is 5.71. The average molecular weight is 296 g/mol. The fourth-order valence-electron chi connectivity index (χ4n) is 2.23. The van der Waals surface area contributed by atoms with Crippen molar-refractivity contribution in [3.8, 4) is 0 Å². The number of carbonyl (C=O) groups excluding carboxylic acids is 1. The molecular formula is C14H28N6O. The number of carbonyl (C=O) groups is 1. The maximum absolute atomic E-state index is 12.0. The lowest BCUT2D eigenvalue weighted by molar-refractivity contribution is 0.221. The number of urea groups is 1. The van der Waals surface area contributed by atoms with Crippen LogP contribution in [0, 0.1) is 5.92 Å². The highest BCUT2D eigenvalue weighted by atomic mass is 16.2. The molecule has 2 N–H and O–H groups in total. The Morgan fingerprint density at radius 2 is 2.05 bits per heavy atom. The van der Waals surface area contributed by atoms with Gasteiger partial charge in [-0.1, -0.05) is 13.8 Å². The first-order valence-corrected chi connectivity index (χ1v) is 7.36. The van der Waals surface area contributed by atoms with Gasteiger partial charge in [0.2, 0.25) is 0 Å². The molecule has 1 aromatic rings. The summed E-state index contributed by atoms with van der Waals surface area (Å²) < 4.78 is 1.80. The summed E-state index contributed by atoms with van der Waals surface area (Å²) in [7, 11) is 5.93. The Morgan fingerprint density at radius 3 is 2.52 bits per heavy atom. The maximum atomic E-state index is 12.0. The number of likely N-dealkylation sites (N-methyl/N-ethyl adjacent to an activating group) is 1. The van der Waals surface area contributed by atoms with E-state index in [1.807, 2.05) is 28.1 Å². The van der Waals surface area contributed by atoms with E-state index < -0.39 is 0 Å². The number of amides is 2. The minimum Gasteiger partial charge on any atom is -0.337 e. The second-order valence-corrected chi connectivity index (χ2v) is 6.12. The zero-order valence-corrected chi connectivity index (χ0v) is 13.9. The molecule has 120 valence electrons. The maximum Gasteiger partial charge on any atom is 0.315 e. The monoisotopic (exact) mass is 296 g/mol. The molecule has 0 saturated carbocycles. The van der Waals surface area contributed by atoms with Crippen LogP contribution in [0.2, 0.25) is 0 Å². The molecule has 2 atom stereocenters. The average Bonchev–Trinajstić information content (AvgIpc) is 2.80. The van der Waals surface area contributed by atoms with Crippen molar-refractivity contribution < 1.29 is 4.79 Å². The van der Waals surface area contributed by atoms with E-state index in [0.717, 1.165) is 12.2 Å². The lowest BCUT2D eigenvalue weighted by Crippen LogP contribution is -2.45. The number of rotatable bonds is 7. The zero-order valence-electron chi connectivity index (χ0n) is 13.9. The van der Waals surface area contributed by atoms with Crippen molar-refractivity contribution >= 4 is 6.03 Å². The molecule has 1 aromatic heterocycles. The Kier molecular flexibility index (Phi) is 6.61. The predicted octanol–water partition coefficient (Wildman–Crippen LogP) is 1.15. The van der Waals surface area contributed by atoms with Gasteiger partial charge >= 0.3 is 6.03 Å². The van der Waals surface area contributed by atoms with Gasteiger partial charge in [-0.05, 0) is 33.4 Å². The van der Waals surface area contributed by atoms with Gasteiger partial charge in [0.25, 0.3) is 0 Å². The van der Waals surface area contributed by atoms with Crippen molar-refractivity contribution in [1.29, 1.82) is 0 Å². The molecule has 0 fully saturated rings. The largest absolute Gasteiger partial charge is 0.337 e. The molecule has 0 bridgehead atoms. The molecule has 7 nitrogen and oxygen atoms in total. The molecule has 7 heteroatoms. The van der Waals surface area contributed by atoms with Crippen LogP contribution in [0.1, 0.15) is 39.1 Å². The van der Waals surface area contributed by atoms with Crippen molar-refractivity contribution in [2.75, 3.05) is 20.6 Å². The number of nitrogens with one attached hydrogen (secondary N) is 2. The van der Waals surface area contributed by atoms with Gasteiger partial charge in [0.1, 0.15) is 6.33 Å². The molecule has 0 saturated heterocycles. The summed E-state index contributed by atoms with van der Waals surface area (Å²) in [4.78, 5) is 14.1. The summed E-state index contributed by atoms with van der Waals surface area (Å²) in [6.45, 7) is 6.89. The highest BCUT2D eigenvalue weighted by molar-refractivity contribution is 5.74. The lowest BCUT2D eigenvalue weighted by atomic mass is 10.0. The van der Waals surface area contributed by atoms with Crippen molar-refractivity contribution in [3.05, 3.63) is 12.2 Å². The van der Waals surface area contributed by atoms with E-state index in [9.17, 15) is 4.79 Å². The van der Waals surface area contributed by atoms with E-state index in [1.165, 1.54) is 0 Å². The third-order valence-corrected chi connectivity index (χ3v) is 3.45. The van der Waals surface area contributed by atoms with Gasteiger partial charge in [-0.25, -0.2) is 4.79 Å². The summed E-state index contributed by atoms with van der Waals surface area (Å²) in [5.41, 5.74) is 0. The quantitative estimate of drug-likeness (QED) is 0.791. The lowest BCUT2D eigenvalue weighted by Gasteiger charge is -2.26. The Labute approximate surface area is 127 Å². The summed E-state index contributed by atoms with van der Waals surface area (Å²) in [6.07, 6.45) is 2.67. The number of hydrogen-bond donors (Lipinski definition) is 2. The van der Waals surface area contributed by atoms with Crippen LogP contribution in [0.3, 0.4) is 0 Å². The molecule has 0 radical (unpaired) electrons. The summed E-state index contributed by atoms with van der Waals surface area (Å²) in [5, 5.41) is 13.6. The number of hydrogen-bond acceptors (Lipinski definition) is 4. The van der Waals surface area contributed by atoms with Gasteiger partial charge in [-0.15, -0.1) is 10.2 Å². The molecule has 1 heterocycles. The second kappa shape index (κ2) is 7.97. The molecule has 0 aliphatic carbocycles. The first-order chi connectivity index (χ1) is 9.81. The topological polar surface area (TPSA) is 75.1 Å². The van der Waals surface area contributed by atoms with Crippen molar-refractivity contribution in [2.45, 2.75) is 39.3 Å². The standard InChI is InChI=1S/C14H28N6O/c1-10(2)7-12(19(4)5)8-15-14(21)17-11(3)13-18-16-9-20(13)6/h9-12H,7-8H2,1-6H3,(H2,15,17,21). The van der Waals surface area contributed by atoms with Gasteiger partial charge in [-0.2, -0.15) is 0 Å². The van der Waals surface area contributed by atoms with Crippen molar-refractivity contribution in [2.24, 2.45) is 13.0 Å². The van der Waals surface area contributed by atoms with Crippen LogP contribution in [0.4, 0.5) is 4.79 Å².